The van der Waals surface area contributed by atoms with Gasteiger partial charge in [0.15, 0.2) is 5.13 Å². The number of nitrogens with zero attached hydrogens (tertiary/aromatic N) is 1. The minimum Gasteiger partial charge on any atom is -0.376 e. The van der Waals surface area contributed by atoms with Crippen LogP contribution in [-0.2, 0) is 4.74 Å². The molecule has 21 heavy (non-hydrogen) atoms. The van der Waals surface area contributed by atoms with E-state index in [0.717, 1.165) is 41.5 Å². The lowest BCUT2D eigenvalue weighted by Gasteiger charge is -2.09. The fourth-order valence-corrected chi connectivity index (χ4v) is 3.49. The van der Waals surface area contributed by atoms with E-state index < -0.39 is 0 Å². The van der Waals surface area contributed by atoms with Crippen molar-refractivity contribution in [1.82, 2.24) is 9.97 Å². The number of nitrogens with one attached hydrogen (secondary N) is 2. The lowest BCUT2D eigenvalue weighted by Crippen LogP contribution is -2.18. The molecule has 3 heterocycles. The molecule has 4 rings (SSSR count). The summed E-state index contributed by atoms with van der Waals surface area (Å²) in [5.41, 5.74) is 3.33. The first-order valence-electron chi connectivity index (χ1n) is 7.27. The average Bonchev–Trinajstić information content (AvgIpc) is 3.25. The molecule has 1 saturated heterocycles. The summed E-state index contributed by atoms with van der Waals surface area (Å²) >= 11 is 1.65. The number of thiazole rings is 1. The summed E-state index contributed by atoms with van der Waals surface area (Å²) in [5.74, 6) is 0. The first-order valence-corrected chi connectivity index (χ1v) is 8.15. The topological polar surface area (TPSA) is 49.9 Å². The van der Waals surface area contributed by atoms with E-state index in [1.165, 1.54) is 11.8 Å². The Kier molecular flexibility index (Phi) is 3.37. The van der Waals surface area contributed by atoms with E-state index >= 15 is 0 Å². The molecule has 0 bridgehead atoms. The Bertz CT molecular complexity index is 743. The number of para-hydroxylation sites is 1. The molecule has 0 spiro atoms. The average molecular weight is 299 g/mol. The number of ether oxygens (including phenoxy) is 1. The van der Waals surface area contributed by atoms with Gasteiger partial charge in [-0.1, -0.05) is 18.2 Å². The molecule has 3 aromatic rings. The van der Waals surface area contributed by atoms with Gasteiger partial charge in [0.2, 0.25) is 0 Å². The highest BCUT2D eigenvalue weighted by atomic mass is 32.1. The fraction of sp³-hybridized carbons (Fsp3) is 0.312. The van der Waals surface area contributed by atoms with Crippen LogP contribution in [0.4, 0.5) is 5.13 Å². The van der Waals surface area contributed by atoms with Gasteiger partial charge in [0, 0.05) is 41.2 Å². The predicted molar refractivity (Wildman–Crippen MR) is 86.9 cm³/mol. The maximum Gasteiger partial charge on any atom is 0.183 e. The summed E-state index contributed by atoms with van der Waals surface area (Å²) in [4.78, 5) is 7.99. The fourth-order valence-electron chi connectivity index (χ4n) is 2.77. The lowest BCUT2D eigenvalue weighted by molar-refractivity contribution is 0.120. The number of hydrogen-bond acceptors (Lipinski definition) is 4. The molecule has 1 atom stereocenters. The second-order valence-corrected chi connectivity index (χ2v) is 6.16. The highest BCUT2D eigenvalue weighted by molar-refractivity contribution is 7.14. The number of aromatic nitrogens is 2. The highest BCUT2D eigenvalue weighted by Crippen LogP contribution is 2.31. The number of hydrogen-bond donors (Lipinski definition) is 2. The van der Waals surface area contributed by atoms with Crippen molar-refractivity contribution in [3.05, 3.63) is 35.8 Å². The Hall–Kier alpha value is -1.85. The van der Waals surface area contributed by atoms with Gasteiger partial charge in [-0.05, 0) is 18.9 Å². The minimum atomic E-state index is 0.338. The molecule has 1 unspecified atom stereocenters. The smallest absolute Gasteiger partial charge is 0.183 e. The van der Waals surface area contributed by atoms with Crippen molar-refractivity contribution in [1.29, 1.82) is 0 Å². The van der Waals surface area contributed by atoms with Crippen LogP contribution in [0.15, 0.2) is 35.8 Å². The van der Waals surface area contributed by atoms with E-state index in [1.807, 2.05) is 12.3 Å². The Balaban J connectivity index is 1.53. The van der Waals surface area contributed by atoms with E-state index in [0.29, 0.717) is 6.10 Å². The molecule has 4 nitrogen and oxygen atoms in total. The number of aromatic amines is 1. The second-order valence-electron chi connectivity index (χ2n) is 5.30. The molecule has 1 aliphatic heterocycles. The van der Waals surface area contributed by atoms with Gasteiger partial charge in [-0.3, -0.25) is 0 Å². The van der Waals surface area contributed by atoms with Crippen LogP contribution in [0.1, 0.15) is 12.8 Å². The lowest BCUT2D eigenvalue weighted by atomic mass is 10.1. The van der Waals surface area contributed by atoms with Gasteiger partial charge >= 0.3 is 0 Å². The molecule has 0 radical (unpaired) electrons. The quantitative estimate of drug-likeness (QED) is 0.768. The van der Waals surface area contributed by atoms with Crippen LogP contribution >= 0.6 is 11.3 Å². The molecule has 5 heteroatoms. The van der Waals surface area contributed by atoms with Gasteiger partial charge in [0.05, 0.1) is 11.8 Å². The van der Waals surface area contributed by atoms with Crippen LogP contribution in [-0.4, -0.2) is 29.2 Å². The Labute approximate surface area is 127 Å². The number of fused-ring (bicyclic) bond motifs is 1. The monoisotopic (exact) mass is 299 g/mol. The van der Waals surface area contributed by atoms with Crippen LogP contribution in [0, 0.1) is 0 Å². The Morgan fingerprint density at radius 1 is 1.38 bits per heavy atom. The van der Waals surface area contributed by atoms with Crippen LogP contribution in [0.5, 0.6) is 0 Å². The third-order valence-electron chi connectivity index (χ3n) is 3.87. The van der Waals surface area contributed by atoms with Crippen molar-refractivity contribution in [3.63, 3.8) is 0 Å². The molecular formula is C16H17N3OS. The largest absolute Gasteiger partial charge is 0.376 e. The zero-order valence-corrected chi connectivity index (χ0v) is 12.5. The molecule has 1 aliphatic rings. The van der Waals surface area contributed by atoms with Crippen molar-refractivity contribution in [2.24, 2.45) is 0 Å². The van der Waals surface area contributed by atoms with Crippen molar-refractivity contribution >= 4 is 27.4 Å². The Morgan fingerprint density at radius 2 is 2.33 bits per heavy atom. The van der Waals surface area contributed by atoms with Crippen LogP contribution in [0.25, 0.3) is 22.2 Å². The predicted octanol–water partition coefficient (Wildman–Crippen LogP) is 3.88. The van der Waals surface area contributed by atoms with Crippen molar-refractivity contribution in [3.8, 4) is 11.3 Å². The van der Waals surface area contributed by atoms with Gasteiger partial charge in [-0.2, -0.15) is 0 Å². The summed E-state index contributed by atoms with van der Waals surface area (Å²) in [7, 11) is 0. The van der Waals surface area contributed by atoms with Crippen molar-refractivity contribution < 1.29 is 4.74 Å². The maximum absolute atomic E-state index is 5.62. The summed E-state index contributed by atoms with van der Waals surface area (Å²) in [6.07, 6.45) is 4.69. The van der Waals surface area contributed by atoms with Gasteiger partial charge in [-0.15, -0.1) is 11.3 Å². The molecule has 0 saturated carbocycles. The number of H-pyrrole nitrogens is 1. The normalized spacial score (nSPS) is 18.4. The van der Waals surface area contributed by atoms with Crippen molar-refractivity contribution in [2.45, 2.75) is 18.9 Å². The number of rotatable bonds is 4. The molecule has 108 valence electrons. The molecule has 0 amide bonds. The van der Waals surface area contributed by atoms with E-state index in [9.17, 15) is 0 Å². The summed E-state index contributed by atoms with van der Waals surface area (Å²) in [5, 5.41) is 7.67. The molecule has 2 N–H and O–H groups in total. The van der Waals surface area contributed by atoms with Gasteiger partial charge in [0.1, 0.15) is 0 Å². The minimum absolute atomic E-state index is 0.338. The van der Waals surface area contributed by atoms with E-state index in [-0.39, 0.29) is 0 Å². The zero-order valence-electron chi connectivity index (χ0n) is 11.6. The second kappa shape index (κ2) is 5.50. The zero-order chi connectivity index (χ0) is 14.1. The molecule has 1 aromatic carbocycles. The highest BCUT2D eigenvalue weighted by Gasteiger charge is 2.16. The Morgan fingerprint density at radius 3 is 3.24 bits per heavy atom. The van der Waals surface area contributed by atoms with Crippen molar-refractivity contribution in [2.75, 3.05) is 18.5 Å². The molecular weight excluding hydrogens is 282 g/mol. The van der Waals surface area contributed by atoms with E-state index in [2.05, 4.69) is 33.9 Å². The summed E-state index contributed by atoms with van der Waals surface area (Å²) in [6.45, 7) is 1.74. The molecule has 2 aromatic heterocycles. The van der Waals surface area contributed by atoms with Gasteiger partial charge in [-0.25, -0.2) is 4.98 Å². The third kappa shape index (κ3) is 2.54. The maximum atomic E-state index is 5.62. The van der Waals surface area contributed by atoms with Crippen LogP contribution < -0.4 is 5.32 Å². The van der Waals surface area contributed by atoms with Gasteiger partial charge in [0.25, 0.3) is 0 Å². The standard InChI is InChI=1S/C16H17N3OS/c1-2-6-14-12(5-1)13(9-17-14)15-10-21-16(19-15)18-8-11-4-3-7-20-11/h1-2,5-6,9-11,17H,3-4,7-8H2,(H,18,19). The molecule has 0 aliphatic carbocycles. The van der Waals surface area contributed by atoms with E-state index in [1.54, 1.807) is 11.3 Å². The summed E-state index contributed by atoms with van der Waals surface area (Å²) in [6, 6.07) is 8.31. The molecule has 1 fully saturated rings. The SMILES string of the molecule is c1ccc2c(-c3csc(NCC4CCCO4)n3)c[nH]c2c1. The van der Waals surface area contributed by atoms with Crippen LogP contribution in [0.3, 0.4) is 0 Å². The summed E-state index contributed by atoms with van der Waals surface area (Å²) < 4.78 is 5.62. The van der Waals surface area contributed by atoms with E-state index in [4.69, 9.17) is 9.72 Å². The third-order valence-corrected chi connectivity index (χ3v) is 4.67. The van der Waals surface area contributed by atoms with Gasteiger partial charge < -0.3 is 15.0 Å². The first-order chi connectivity index (χ1) is 10.4. The first kappa shape index (κ1) is 12.9. The number of anilines is 1. The van der Waals surface area contributed by atoms with Crippen LogP contribution in [0.2, 0.25) is 0 Å². The number of benzene rings is 1.